The fourth-order valence-corrected chi connectivity index (χ4v) is 2.94. The molecular formula is C13H16N6O2. The molecule has 0 radical (unpaired) electrons. The summed E-state index contributed by atoms with van der Waals surface area (Å²) in [5.74, 6) is 2.46. The summed E-state index contributed by atoms with van der Waals surface area (Å²) in [6.45, 7) is 5.76. The Morgan fingerprint density at radius 1 is 1.33 bits per heavy atom. The topological polar surface area (TPSA) is 88.9 Å². The number of rotatable bonds is 2. The largest absolute Gasteiger partial charge is 0.372 e. The second kappa shape index (κ2) is 4.74. The van der Waals surface area contributed by atoms with Crippen LogP contribution in [0.5, 0.6) is 0 Å². The minimum Gasteiger partial charge on any atom is -0.372 e. The summed E-state index contributed by atoms with van der Waals surface area (Å²) in [5.41, 5.74) is 1.61. The van der Waals surface area contributed by atoms with Crippen molar-refractivity contribution < 1.29 is 4.74 Å². The molecule has 0 saturated carbocycles. The predicted molar refractivity (Wildman–Crippen MR) is 72.2 cm³/mol. The van der Waals surface area contributed by atoms with Crippen molar-refractivity contribution >= 4 is 0 Å². The van der Waals surface area contributed by atoms with Crippen LogP contribution in [0.1, 0.15) is 28.7 Å². The molecule has 0 saturated heterocycles. The number of aromatic amines is 1. The Morgan fingerprint density at radius 3 is 3.14 bits per heavy atom. The third-order valence-corrected chi connectivity index (χ3v) is 3.93. The van der Waals surface area contributed by atoms with Crippen LogP contribution >= 0.6 is 0 Å². The van der Waals surface area contributed by atoms with Crippen molar-refractivity contribution in [2.24, 2.45) is 0 Å². The number of hydrogen-bond acceptors (Lipinski definition) is 6. The van der Waals surface area contributed by atoms with E-state index in [1.807, 2.05) is 0 Å². The summed E-state index contributed by atoms with van der Waals surface area (Å²) in [4.78, 5) is 21.3. The number of hydrogen-bond donors (Lipinski definition) is 1. The highest BCUT2D eigenvalue weighted by Gasteiger charge is 2.26. The molecule has 0 aliphatic carbocycles. The van der Waals surface area contributed by atoms with Gasteiger partial charge >= 0.3 is 0 Å². The van der Waals surface area contributed by atoms with Crippen LogP contribution in [-0.4, -0.2) is 36.2 Å². The van der Waals surface area contributed by atoms with Gasteiger partial charge < -0.3 is 14.3 Å². The number of aromatic nitrogens is 5. The summed E-state index contributed by atoms with van der Waals surface area (Å²) in [6, 6.07) is 0. The van der Waals surface area contributed by atoms with E-state index < -0.39 is 0 Å². The van der Waals surface area contributed by atoms with Gasteiger partial charge in [0.25, 0.3) is 5.56 Å². The van der Waals surface area contributed by atoms with E-state index in [0.29, 0.717) is 38.7 Å². The van der Waals surface area contributed by atoms with Gasteiger partial charge in [0.2, 0.25) is 0 Å². The normalized spacial score (nSPS) is 17.8. The van der Waals surface area contributed by atoms with Gasteiger partial charge in [-0.2, -0.15) is 0 Å². The van der Waals surface area contributed by atoms with E-state index in [4.69, 9.17) is 4.74 Å². The first-order valence-corrected chi connectivity index (χ1v) is 7.00. The Bertz CT molecular complexity index is 750. The van der Waals surface area contributed by atoms with Crippen LogP contribution < -0.4 is 5.56 Å². The molecule has 0 spiro atoms. The van der Waals surface area contributed by atoms with Crippen molar-refractivity contribution in [2.45, 2.75) is 39.7 Å². The van der Waals surface area contributed by atoms with Gasteiger partial charge in [0.05, 0.1) is 24.4 Å². The van der Waals surface area contributed by atoms with E-state index in [2.05, 4.69) is 29.6 Å². The Kier molecular flexibility index (Phi) is 2.86. The standard InChI is InChI=1S/C13H16N6O2/c1-8-14-10-5-18(4-9(10)13(20)15-8)6-11-16-17-12-7-21-3-2-19(11)12/h2-7H2,1H3,(H,14,15,20). The van der Waals surface area contributed by atoms with Crippen LogP contribution in [0.2, 0.25) is 0 Å². The number of nitrogens with one attached hydrogen (secondary N) is 1. The number of ether oxygens (including phenoxy) is 1. The van der Waals surface area contributed by atoms with Crippen LogP contribution in [0.15, 0.2) is 4.79 Å². The molecular weight excluding hydrogens is 272 g/mol. The van der Waals surface area contributed by atoms with Crippen LogP contribution in [-0.2, 0) is 37.5 Å². The second-order valence-corrected chi connectivity index (χ2v) is 5.46. The first kappa shape index (κ1) is 12.7. The Balaban J connectivity index is 1.57. The van der Waals surface area contributed by atoms with E-state index >= 15 is 0 Å². The first-order chi connectivity index (χ1) is 10.2. The maximum atomic E-state index is 11.9. The quantitative estimate of drug-likeness (QED) is 0.817. The molecule has 8 nitrogen and oxygen atoms in total. The van der Waals surface area contributed by atoms with Gasteiger partial charge in [-0.25, -0.2) is 4.98 Å². The van der Waals surface area contributed by atoms with Crippen LogP contribution in [0.3, 0.4) is 0 Å². The van der Waals surface area contributed by atoms with Crippen LogP contribution in [0.4, 0.5) is 0 Å². The fraction of sp³-hybridized carbons (Fsp3) is 0.538. The molecule has 2 aliphatic rings. The van der Waals surface area contributed by atoms with Gasteiger partial charge in [0.1, 0.15) is 18.3 Å². The van der Waals surface area contributed by atoms with Crippen LogP contribution in [0.25, 0.3) is 0 Å². The second-order valence-electron chi connectivity index (χ2n) is 5.46. The summed E-state index contributed by atoms with van der Waals surface area (Å²) in [5, 5.41) is 8.41. The van der Waals surface area contributed by atoms with Crippen molar-refractivity contribution in [1.29, 1.82) is 0 Å². The van der Waals surface area contributed by atoms with Crippen LogP contribution in [0, 0.1) is 6.92 Å². The molecule has 0 atom stereocenters. The number of fused-ring (bicyclic) bond motifs is 2. The van der Waals surface area contributed by atoms with Gasteiger partial charge in [0, 0.05) is 19.6 Å². The van der Waals surface area contributed by atoms with E-state index in [9.17, 15) is 4.79 Å². The lowest BCUT2D eigenvalue weighted by atomic mass is 10.3. The fourth-order valence-electron chi connectivity index (χ4n) is 2.94. The van der Waals surface area contributed by atoms with Gasteiger partial charge in [-0.3, -0.25) is 9.69 Å². The number of H-pyrrole nitrogens is 1. The third-order valence-electron chi connectivity index (χ3n) is 3.93. The summed E-state index contributed by atoms with van der Waals surface area (Å²) < 4.78 is 7.47. The highest BCUT2D eigenvalue weighted by atomic mass is 16.5. The zero-order valence-corrected chi connectivity index (χ0v) is 11.8. The zero-order valence-electron chi connectivity index (χ0n) is 11.8. The molecule has 110 valence electrons. The minimum absolute atomic E-state index is 0.0309. The molecule has 8 heteroatoms. The zero-order chi connectivity index (χ0) is 14.4. The number of aryl methyl sites for hydroxylation is 1. The van der Waals surface area contributed by atoms with Gasteiger partial charge in [0.15, 0.2) is 5.82 Å². The summed E-state index contributed by atoms with van der Waals surface area (Å²) >= 11 is 0. The molecule has 0 amide bonds. The lowest BCUT2D eigenvalue weighted by Crippen LogP contribution is -2.23. The highest BCUT2D eigenvalue weighted by Crippen LogP contribution is 2.20. The van der Waals surface area contributed by atoms with E-state index in [1.165, 1.54) is 0 Å². The lowest BCUT2D eigenvalue weighted by Gasteiger charge is -2.18. The van der Waals surface area contributed by atoms with E-state index in [-0.39, 0.29) is 5.56 Å². The van der Waals surface area contributed by atoms with Crippen molar-refractivity contribution in [3.05, 3.63) is 39.1 Å². The SMILES string of the molecule is Cc1nc2c(c(=O)[nH]1)CN(Cc1nnc3n1CCOC3)C2. The maximum absolute atomic E-state index is 11.9. The molecule has 21 heavy (non-hydrogen) atoms. The smallest absolute Gasteiger partial charge is 0.255 e. The third kappa shape index (κ3) is 2.16. The van der Waals surface area contributed by atoms with E-state index in [1.54, 1.807) is 6.92 Å². The Morgan fingerprint density at radius 2 is 2.24 bits per heavy atom. The van der Waals surface area contributed by atoms with Crippen molar-refractivity contribution in [1.82, 2.24) is 29.6 Å². The molecule has 4 rings (SSSR count). The highest BCUT2D eigenvalue weighted by molar-refractivity contribution is 5.22. The van der Waals surface area contributed by atoms with Gasteiger partial charge in [-0.1, -0.05) is 0 Å². The molecule has 1 N–H and O–H groups in total. The van der Waals surface area contributed by atoms with Crippen molar-refractivity contribution in [3.63, 3.8) is 0 Å². The maximum Gasteiger partial charge on any atom is 0.255 e. The Labute approximate surface area is 120 Å². The molecule has 0 unspecified atom stereocenters. The first-order valence-electron chi connectivity index (χ1n) is 7.00. The predicted octanol–water partition coefficient (Wildman–Crippen LogP) is -0.284. The molecule has 0 fully saturated rings. The van der Waals surface area contributed by atoms with Crippen molar-refractivity contribution in [3.8, 4) is 0 Å². The van der Waals surface area contributed by atoms with Gasteiger partial charge in [-0.15, -0.1) is 10.2 Å². The molecule has 2 aromatic rings. The monoisotopic (exact) mass is 288 g/mol. The lowest BCUT2D eigenvalue weighted by molar-refractivity contribution is 0.0795. The number of nitrogens with zero attached hydrogens (tertiary/aromatic N) is 5. The summed E-state index contributed by atoms with van der Waals surface area (Å²) in [7, 11) is 0. The molecule has 2 aromatic heterocycles. The van der Waals surface area contributed by atoms with Gasteiger partial charge in [-0.05, 0) is 6.92 Å². The molecule has 0 aromatic carbocycles. The van der Waals surface area contributed by atoms with E-state index in [0.717, 1.165) is 29.5 Å². The molecule has 4 heterocycles. The molecule has 2 aliphatic heterocycles. The minimum atomic E-state index is -0.0309. The Hall–Kier alpha value is -2.06. The van der Waals surface area contributed by atoms with Crippen molar-refractivity contribution in [2.75, 3.05) is 6.61 Å². The summed E-state index contributed by atoms with van der Waals surface area (Å²) in [6.07, 6.45) is 0. The average molecular weight is 288 g/mol. The molecule has 0 bridgehead atoms. The average Bonchev–Trinajstić information content (AvgIpc) is 3.04.